The quantitative estimate of drug-likeness (QED) is 0.673. The molecule has 1 N–H and O–H groups in total. The van der Waals surface area contributed by atoms with Crippen LogP contribution < -0.4 is 5.32 Å². The SMILES string of the molecule is Cc1ccc(S(=O)(=O)N2CCC[C@H]2C(=O)Nc2nc(-c3cccnc3)cs2)cc1. The van der Waals surface area contributed by atoms with Crippen molar-refractivity contribution in [1.82, 2.24) is 14.3 Å². The average molecular weight is 429 g/mol. The van der Waals surface area contributed by atoms with Gasteiger partial charge in [0.15, 0.2) is 5.13 Å². The lowest BCUT2D eigenvalue weighted by molar-refractivity contribution is -0.119. The molecule has 4 rings (SSSR count). The number of nitrogens with one attached hydrogen (secondary N) is 1. The maximum Gasteiger partial charge on any atom is 0.244 e. The minimum atomic E-state index is -3.73. The van der Waals surface area contributed by atoms with Crippen molar-refractivity contribution in [3.63, 3.8) is 0 Å². The van der Waals surface area contributed by atoms with E-state index in [0.717, 1.165) is 11.1 Å². The standard InChI is InChI=1S/C20H20N4O3S2/c1-14-6-8-16(9-7-14)29(26,27)24-11-3-5-18(24)19(25)23-20-22-17(13-28-20)15-4-2-10-21-12-15/h2,4,6-10,12-13,18H,3,5,11H2,1H3,(H,22,23,25)/t18-/m0/s1. The van der Waals surface area contributed by atoms with Gasteiger partial charge in [-0.25, -0.2) is 13.4 Å². The van der Waals surface area contributed by atoms with Crippen molar-refractivity contribution in [3.05, 3.63) is 59.7 Å². The van der Waals surface area contributed by atoms with Crippen molar-refractivity contribution in [2.45, 2.75) is 30.7 Å². The third kappa shape index (κ3) is 4.07. The first-order valence-electron chi connectivity index (χ1n) is 9.20. The van der Waals surface area contributed by atoms with Gasteiger partial charge in [-0.3, -0.25) is 9.78 Å². The van der Waals surface area contributed by atoms with E-state index in [0.29, 0.717) is 30.2 Å². The summed E-state index contributed by atoms with van der Waals surface area (Å²) < 4.78 is 27.4. The van der Waals surface area contributed by atoms with Gasteiger partial charge in [0.2, 0.25) is 15.9 Å². The molecule has 9 heteroatoms. The summed E-state index contributed by atoms with van der Waals surface area (Å²) in [6.07, 6.45) is 4.51. The first kappa shape index (κ1) is 19.7. The first-order chi connectivity index (χ1) is 13.9. The zero-order chi connectivity index (χ0) is 20.4. The number of sulfonamides is 1. The molecule has 0 spiro atoms. The Bertz CT molecular complexity index is 1110. The molecule has 0 bridgehead atoms. The average Bonchev–Trinajstić information content (AvgIpc) is 3.39. The highest BCUT2D eigenvalue weighted by Gasteiger charge is 2.39. The summed E-state index contributed by atoms with van der Waals surface area (Å²) in [4.78, 5) is 21.5. The molecule has 1 atom stereocenters. The number of hydrogen-bond donors (Lipinski definition) is 1. The number of thiazole rings is 1. The summed E-state index contributed by atoms with van der Waals surface area (Å²) in [6, 6.07) is 9.64. The second-order valence-corrected chi connectivity index (χ2v) is 9.60. The van der Waals surface area contributed by atoms with Gasteiger partial charge in [-0.2, -0.15) is 4.31 Å². The van der Waals surface area contributed by atoms with Gasteiger partial charge >= 0.3 is 0 Å². The minimum absolute atomic E-state index is 0.205. The van der Waals surface area contributed by atoms with Crippen molar-refractivity contribution in [1.29, 1.82) is 0 Å². The summed E-state index contributed by atoms with van der Waals surface area (Å²) in [6.45, 7) is 2.23. The fraction of sp³-hybridized carbons (Fsp3) is 0.250. The van der Waals surface area contributed by atoms with Crippen LogP contribution in [0.5, 0.6) is 0 Å². The van der Waals surface area contributed by atoms with Crippen LogP contribution in [0.4, 0.5) is 5.13 Å². The van der Waals surface area contributed by atoms with E-state index in [1.165, 1.54) is 15.6 Å². The Kier molecular flexibility index (Phi) is 5.44. The number of carbonyl (C=O) groups is 1. The van der Waals surface area contributed by atoms with E-state index in [4.69, 9.17) is 0 Å². The molecule has 1 fully saturated rings. The van der Waals surface area contributed by atoms with Gasteiger partial charge in [0.1, 0.15) is 6.04 Å². The van der Waals surface area contributed by atoms with Gasteiger partial charge in [-0.1, -0.05) is 17.7 Å². The highest BCUT2D eigenvalue weighted by atomic mass is 32.2. The summed E-state index contributed by atoms with van der Waals surface area (Å²) in [5.74, 6) is -0.356. The van der Waals surface area contributed by atoms with Gasteiger partial charge in [0.25, 0.3) is 0 Å². The molecule has 2 aromatic heterocycles. The Morgan fingerprint density at radius 2 is 2.03 bits per heavy atom. The largest absolute Gasteiger partial charge is 0.301 e. The molecule has 150 valence electrons. The zero-order valence-corrected chi connectivity index (χ0v) is 17.4. The summed E-state index contributed by atoms with van der Waals surface area (Å²) >= 11 is 1.30. The van der Waals surface area contributed by atoms with Crippen LogP contribution in [0.2, 0.25) is 0 Å². The van der Waals surface area contributed by atoms with Crippen molar-refractivity contribution < 1.29 is 13.2 Å². The smallest absolute Gasteiger partial charge is 0.244 e. The number of nitrogens with zero attached hydrogens (tertiary/aromatic N) is 3. The number of rotatable bonds is 5. The number of aromatic nitrogens is 2. The van der Waals surface area contributed by atoms with Gasteiger partial charge in [-0.05, 0) is 44.0 Å². The van der Waals surface area contributed by atoms with E-state index in [2.05, 4.69) is 15.3 Å². The molecule has 1 amide bonds. The number of amides is 1. The molecule has 0 radical (unpaired) electrons. The number of hydrogen-bond acceptors (Lipinski definition) is 6. The lowest BCUT2D eigenvalue weighted by Crippen LogP contribution is -2.43. The van der Waals surface area contributed by atoms with Gasteiger partial charge in [-0.15, -0.1) is 11.3 Å². The molecule has 1 aromatic carbocycles. The maximum atomic E-state index is 13.0. The third-order valence-corrected chi connectivity index (χ3v) is 7.51. The van der Waals surface area contributed by atoms with Gasteiger partial charge in [0, 0.05) is 29.9 Å². The zero-order valence-electron chi connectivity index (χ0n) is 15.8. The molecular weight excluding hydrogens is 408 g/mol. The molecule has 1 aliphatic heterocycles. The highest BCUT2D eigenvalue weighted by Crippen LogP contribution is 2.29. The van der Waals surface area contributed by atoms with Crippen molar-refractivity contribution in [2.24, 2.45) is 0 Å². The van der Waals surface area contributed by atoms with Crippen molar-refractivity contribution in [2.75, 3.05) is 11.9 Å². The number of aryl methyl sites for hydroxylation is 1. The number of anilines is 1. The Balaban J connectivity index is 1.51. The van der Waals surface area contributed by atoms with E-state index in [-0.39, 0.29) is 10.8 Å². The molecule has 0 aliphatic carbocycles. The normalized spacial score (nSPS) is 17.3. The lowest BCUT2D eigenvalue weighted by atomic mass is 10.2. The molecule has 0 unspecified atom stereocenters. The lowest BCUT2D eigenvalue weighted by Gasteiger charge is -2.23. The topological polar surface area (TPSA) is 92.3 Å². The predicted octanol–water partition coefficient (Wildman–Crippen LogP) is 3.31. The second-order valence-electron chi connectivity index (χ2n) is 6.86. The fourth-order valence-electron chi connectivity index (χ4n) is 3.30. The first-order valence-corrected chi connectivity index (χ1v) is 11.5. The number of benzene rings is 1. The molecule has 3 heterocycles. The number of pyridine rings is 1. The highest BCUT2D eigenvalue weighted by molar-refractivity contribution is 7.89. The van der Waals surface area contributed by atoms with Gasteiger partial charge in [0.05, 0.1) is 10.6 Å². The second kappa shape index (κ2) is 8.02. The Hall–Kier alpha value is -2.62. The van der Waals surface area contributed by atoms with E-state index >= 15 is 0 Å². The third-order valence-electron chi connectivity index (χ3n) is 4.83. The fourth-order valence-corrected chi connectivity index (χ4v) is 5.68. The van der Waals surface area contributed by atoms with E-state index < -0.39 is 16.1 Å². The van der Waals surface area contributed by atoms with Crippen LogP contribution in [0.1, 0.15) is 18.4 Å². The predicted molar refractivity (Wildman–Crippen MR) is 112 cm³/mol. The molecule has 29 heavy (non-hydrogen) atoms. The van der Waals surface area contributed by atoms with Crippen LogP contribution in [-0.2, 0) is 14.8 Å². The van der Waals surface area contributed by atoms with Crippen LogP contribution >= 0.6 is 11.3 Å². The molecule has 0 saturated carbocycles. The van der Waals surface area contributed by atoms with Crippen molar-refractivity contribution in [3.8, 4) is 11.3 Å². The molecule has 7 nitrogen and oxygen atoms in total. The Morgan fingerprint density at radius 1 is 1.24 bits per heavy atom. The van der Waals surface area contributed by atoms with Crippen LogP contribution in [0.25, 0.3) is 11.3 Å². The van der Waals surface area contributed by atoms with Crippen LogP contribution in [0.15, 0.2) is 59.1 Å². The van der Waals surface area contributed by atoms with E-state index in [1.807, 2.05) is 24.4 Å². The molecular formula is C20H20N4O3S2. The summed E-state index contributed by atoms with van der Waals surface area (Å²) in [7, 11) is -3.73. The van der Waals surface area contributed by atoms with E-state index in [1.54, 1.807) is 36.7 Å². The molecule has 3 aromatic rings. The minimum Gasteiger partial charge on any atom is -0.301 e. The number of carbonyl (C=O) groups excluding carboxylic acids is 1. The summed E-state index contributed by atoms with van der Waals surface area (Å²) in [5, 5.41) is 5.05. The summed E-state index contributed by atoms with van der Waals surface area (Å²) in [5.41, 5.74) is 2.55. The van der Waals surface area contributed by atoms with Gasteiger partial charge < -0.3 is 5.32 Å². The van der Waals surface area contributed by atoms with Crippen LogP contribution in [-0.4, -0.2) is 41.2 Å². The maximum absolute atomic E-state index is 13.0. The van der Waals surface area contributed by atoms with Crippen LogP contribution in [0, 0.1) is 6.92 Å². The molecule has 1 aliphatic rings. The van der Waals surface area contributed by atoms with Crippen molar-refractivity contribution >= 4 is 32.4 Å². The monoisotopic (exact) mass is 428 g/mol. The Morgan fingerprint density at radius 3 is 2.76 bits per heavy atom. The molecule has 1 saturated heterocycles. The van der Waals surface area contributed by atoms with E-state index in [9.17, 15) is 13.2 Å². The van der Waals surface area contributed by atoms with Crippen LogP contribution in [0.3, 0.4) is 0 Å². The Labute approximate surface area is 173 Å².